The van der Waals surface area contributed by atoms with Gasteiger partial charge in [-0.2, -0.15) is 0 Å². The Hall–Kier alpha value is -2.56. The molecule has 0 bridgehead atoms. The number of oxazole rings is 1. The lowest BCUT2D eigenvalue weighted by molar-refractivity contribution is 0.0696. The van der Waals surface area contributed by atoms with Crippen LogP contribution >= 0.6 is 0 Å². The number of carbonyl (C=O) groups is 1. The summed E-state index contributed by atoms with van der Waals surface area (Å²) in [4.78, 5) is 22.6. The fourth-order valence-corrected chi connectivity index (χ4v) is 1.82. The van der Waals surface area contributed by atoms with Crippen LogP contribution in [0.3, 0.4) is 0 Å². The maximum atomic E-state index is 11.8. The van der Waals surface area contributed by atoms with Crippen molar-refractivity contribution in [3.8, 4) is 0 Å². The number of hydrogen-bond donors (Lipinski definition) is 1. The van der Waals surface area contributed by atoms with Crippen molar-refractivity contribution < 1.29 is 14.3 Å². The third kappa shape index (κ3) is 1.32. The molecule has 5 nitrogen and oxygen atoms in total. The molecule has 5 heteroatoms. The SMILES string of the molecule is O=C(O)c1cc(=O)n2c(c1)oc1ccccc12. The molecule has 17 heavy (non-hydrogen) atoms. The van der Waals surface area contributed by atoms with Crippen molar-refractivity contribution in [1.29, 1.82) is 0 Å². The Labute approximate surface area is 94.5 Å². The summed E-state index contributed by atoms with van der Waals surface area (Å²) in [6.45, 7) is 0. The van der Waals surface area contributed by atoms with Crippen LogP contribution in [0.15, 0.2) is 45.6 Å². The number of nitrogens with zero attached hydrogens (tertiary/aromatic N) is 1. The van der Waals surface area contributed by atoms with Crippen LogP contribution in [-0.2, 0) is 0 Å². The van der Waals surface area contributed by atoms with Crippen molar-refractivity contribution in [1.82, 2.24) is 4.40 Å². The van der Waals surface area contributed by atoms with Crippen molar-refractivity contribution in [3.05, 3.63) is 52.3 Å². The first-order chi connectivity index (χ1) is 8.16. The van der Waals surface area contributed by atoms with Crippen LogP contribution in [0.4, 0.5) is 0 Å². The van der Waals surface area contributed by atoms with E-state index in [0.717, 1.165) is 6.07 Å². The van der Waals surface area contributed by atoms with E-state index in [4.69, 9.17) is 9.52 Å². The monoisotopic (exact) mass is 229 g/mol. The molecule has 2 aromatic heterocycles. The average molecular weight is 229 g/mol. The maximum absolute atomic E-state index is 11.8. The molecule has 0 atom stereocenters. The predicted molar refractivity (Wildman–Crippen MR) is 60.4 cm³/mol. The van der Waals surface area contributed by atoms with Crippen LogP contribution in [0.1, 0.15) is 10.4 Å². The molecule has 0 amide bonds. The first kappa shape index (κ1) is 9.65. The Morgan fingerprint density at radius 1 is 1.24 bits per heavy atom. The predicted octanol–water partition coefficient (Wildman–Crippen LogP) is 1.74. The molecular weight excluding hydrogens is 222 g/mol. The summed E-state index contributed by atoms with van der Waals surface area (Å²) in [5.74, 6) is -1.15. The minimum absolute atomic E-state index is 0.0749. The lowest BCUT2D eigenvalue weighted by atomic mass is 10.2. The molecule has 2 heterocycles. The van der Waals surface area contributed by atoms with Gasteiger partial charge in [-0.25, -0.2) is 9.20 Å². The molecule has 0 unspecified atom stereocenters. The highest BCUT2D eigenvalue weighted by Gasteiger charge is 2.12. The van der Waals surface area contributed by atoms with Gasteiger partial charge >= 0.3 is 5.97 Å². The van der Waals surface area contributed by atoms with Gasteiger partial charge < -0.3 is 9.52 Å². The first-order valence-electron chi connectivity index (χ1n) is 4.94. The van der Waals surface area contributed by atoms with Crippen molar-refractivity contribution >= 4 is 22.8 Å². The van der Waals surface area contributed by atoms with Gasteiger partial charge in [0.05, 0.1) is 11.1 Å². The molecule has 0 aliphatic carbocycles. The number of aromatic carboxylic acids is 1. The molecular formula is C12H7NO4. The van der Waals surface area contributed by atoms with E-state index < -0.39 is 11.5 Å². The number of rotatable bonds is 1. The Morgan fingerprint density at radius 2 is 2.00 bits per heavy atom. The molecule has 0 saturated heterocycles. The van der Waals surface area contributed by atoms with Crippen LogP contribution in [0.25, 0.3) is 16.8 Å². The number of benzene rings is 1. The van der Waals surface area contributed by atoms with Gasteiger partial charge in [0.1, 0.15) is 0 Å². The average Bonchev–Trinajstić information content (AvgIpc) is 2.67. The Morgan fingerprint density at radius 3 is 2.76 bits per heavy atom. The summed E-state index contributed by atoms with van der Waals surface area (Å²) in [5.41, 5.74) is 0.923. The topological polar surface area (TPSA) is 71.9 Å². The zero-order valence-corrected chi connectivity index (χ0v) is 8.58. The van der Waals surface area contributed by atoms with Crippen LogP contribution in [0, 0.1) is 0 Å². The van der Waals surface area contributed by atoms with Gasteiger partial charge in [-0.3, -0.25) is 4.79 Å². The molecule has 0 fully saturated rings. The fraction of sp³-hybridized carbons (Fsp3) is 0. The lowest BCUT2D eigenvalue weighted by Crippen LogP contribution is -2.13. The number of pyridine rings is 1. The number of fused-ring (bicyclic) bond motifs is 3. The minimum Gasteiger partial charge on any atom is -0.478 e. The van der Waals surface area contributed by atoms with E-state index in [1.54, 1.807) is 24.3 Å². The molecule has 3 rings (SSSR count). The summed E-state index contributed by atoms with van der Waals surface area (Å²) >= 11 is 0. The maximum Gasteiger partial charge on any atom is 0.336 e. The van der Waals surface area contributed by atoms with Crippen molar-refractivity contribution in [2.45, 2.75) is 0 Å². The van der Waals surface area contributed by atoms with Gasteiger partial charge in [0.2, 0.25) is 5.71 Å². The Kier molecular flexibility index (Phi) is 1.82. The number of carboxylic acids is 1. The van der Waals surface area contributed by atoms with E-state index >= 15 is 0 Å². The van der Waals surface area contributed by atoms with Gasteiger partial charge in [-0.15, -0.1) is 0 Å². The number of aromatic nitrogens is 1. The Balaban J connectivity index is 2.53. The second kappa shape index (κ2) is 3.21. The van der Waals surface area contributed by atoms with E-state index in [0.29, 0.717) is 11.1 Å². The fourth-order valence-electron chi connectivity index (χ4n) is 1.82. The van der Waals surface area contributed by atoms with Gasteiger partial charge in [0, 0.05) is 12.1 Å². The molecule has 1 aromatic carbocycles. The number of hydrogen-bond acceptors (Lipinski definition) is 3. The zero-order valence-electron chi connectivity index (χ0n) is 8.58. The Bertz CT molecular complexity index is 797. The van der Waals surface area contributed by atoms with E-state index in [9.17, 15) is 9.59 Å². The smallest absolute Gasteiger partial charge is 0.336 e. The number of para-hydroxylation sites is 2. The first-order valence-corrected chi connectivity index (χ1v) is 4.94. The van der Waals surface area contributed by atoms with Gasteiger partial charge in [0.25, 0.3) is 5.56 Å². The van der Waals surface area contributed by atoms with Crippen LogP contribution in [0.2, 0.25) is 0 Å². The van der Waals surface area contributed by atoms with E-state index in [1.165, 1.54) is 10.5 Å². The summed E-state index contributed by atoms with van der Waals surface area (Å²) in [5, 5.41) is 8.85. The summed E-state index contributed by atoms with van der Waals surface area (Å²) in [6.07, 6.45) is 0. The third-order valence-corrected chi connectivity index (χ3v) is 2.57. The van der Waals surface area contributed by atoms with Crippen molar-refractivity contribution in [3.63, 3.8) is 0 Å². The van der Waals surface area contributed by atoms with Crippen molar-refractivity contribution in [2.75, 3.05) is 0 Å². The lowest BCUT2D eigenvalue weighted by Gasteiger charge is -1.94. The van der Waals surface area contributed by atoms with E-state index in [1.807, 2.05) is 0 Å². The molecule has 0 aliphatic heterocycles. The molecule has 3 aromatic rings. The minimum atomic E-state index is -1.15. The molecule has 0 aliphatic rings. The van der Waals surface area contributed by atoms with Gasteiger partial charge in [0.15, 0.2) is 5.58 Å². The summed E-state index contributed by atoms with van der Waals surface area (Å²) in [7, 11) is 0. The molecule has 1 N–H and O–H groups in total. The quantitative estimate of drug-likeness (QED) is 0.689. The highest BCUT2D eigenvalue weighted by molar-refractivity contribution is 5.89. The largest absolute Gasteiger partial charge is 0.478 e. The van der Waals surface area contributed by atoms with Gasteiger partial charge in [-0.05, 0) is 12.1 Å². The van der Waals surface area contributed by atoms with E-state index in [2.05, 4.69) is 0 Å². The standard InChI is InChI=1S/C12H7NO4/c14-10-5-7(12(15)16)6-11-13(10)8-3-1-2-4-9(8)17-11/h1-6H,(H,15,16). The highest BCUT2D eigenvalue weighted by atomic mass is 16.4. The zero-order chi connectivity index (χ0) is 12.0. The van der Waals surface area contributed by atoms with Crippen molar-refractivity contribution in [2.24, 2.45) is 0 Å². The molecule has 0 saturated carbocycles. The highest BCUT2D eigenvalue weighted by Crippen LogP contribution is 2.18. The van der Waals surface area contributed by atoms with Crippen LogP contribution < -0.4 is 5.56 Å². The molecule has 0 spiro atoms. The third-order valence-electron chi connectivity index (χ3n) is 2.57. The second-order valence-corrected chi connectivity index (χ2v) is 3.63. The van der Waals surface area contributed by atoms with Crippen LogP contribution in [-0.4, -0.2) is 15.5 Å². The van der Waals surface area contributed by atoms with Crippen LogP contribution in [0.5, 0.6) is 0 Å². The van der Waals surface area contributed by atoms with Gasteiger partial charge in [-0.1, -0.05) is 12.1 Å². The second-order valence-electron chi connectivity index (χ2n) is 3.63. The summed E-state index contributed by atoms with van der Waals surface area (Å²) in [6, 6.07) is 9.46. The normalized spacial score (nSPS) is 11.1. The number of carboxylic acid groups (broad SMARTS) is 1. The molecule has 84 valence electrons. The van der Waals surface area contributed by atoms with E-state index in [-0.39, 0.29) is 11.3 Å². The summed E-state index contributed by atoms with van der Waals surface area (Å²) < 4.78 is 6.77. The molecule has 0 radical (unpaired) electrons.